The fourth-order valence-corrected chi connectivity index (χ4v) is 3.65. The van der Waals surface area contributed by atoms with Crippen molar-refractivity contribution in [3.8, 4) is 6.07 Å². The van der Waals surface area contributed by atoms with E-state index >= 15 is 0 Å². The zero-order valence-electron chi connectivity index (χ0n) is 16.2. The highest BCUT2D eigenvalue weighted by atomic mass is 15.1. The molecule has 3 rings (SSSR count). The van der Waals surface area contributed by atoms with Gasteiger partial charge in [0.25, 0.3) is 0 Å². The standard InChI is InChI=1S/C21H27N5/c1-5-9-16-15(2)17(14-22)21-24-18-10-6-7-11-19(18)26(21)20(16)23-12-8-13-25(3)4/h6-7,10-11H,5,8-9,12-13H2,1-4H3,(H,23,24)/p+2. The number of anilines is 1. The molecule has 3 aromatic rings. The minimum atomic E-state index is 0.743. The number of aromatic nitrogens is 2. The van der Waals surface area contributed by atoms with Gasteiger partial charge in [0.05, 0.1) is 27.2 Å². The van der Waals surface area contributed by atoms with Gasteiger partial charge in [-0.1, -0.05) is 25.5 Å². The molecule has 2 heterocycles. The molecule has 3 N–H and O–H groups in total. The zero-order chi connectivity index (χ0) is 18.7. The third-order valence-electron chi connectivity index (χ3n) is 4.95. The van der Waals surface area contributed by atoms with Crippen molar-refractivity contribution in [2.24, 2.45) is 0 Å². The largest absolute Gasteiger partial charge is 0.340 e. The van der Waals surface area contributed by atoms with Gasteiger partial charge in [-0.15, -0.1) is 0 Å². The Morgan fingerprint density at radius 2 is 2.04 bits per heavy atom. The molecule has 1 aromatic carbocycles. The molecule has 0 aliphatic rings. The Morgan fingerprint density at radius 3 is 2.73 bits per heavy atom. The number of nitrogens with zero attached hydrogens (tertiary/aromatic N) is 2. The molecular weight excluding hydrogens is 322 g/mol. The van der Waals surface area contributed by atoms with Crippen molar-refractivity contribution < 1.29 is 9.30 Å². The lowest BCUT2D eigenvalue weighted by molar-refractivity contribution is -0.858. The highest BCUT2D eigenvalue weighted by molar-refractivity contribution is 5.78. The second-order valence-corrected chi connectivity index (χ2v) is 7.25. The van der Waals surface area contributed by atoms with Gasteiger partial charge in [0.1, 0.15) is 22.7 Å². The summed E-state index contributed by atoms with van der Waals surface area (Å²) in [6.07, 6.45) is 3.12. The van der Waals surface area contributed by atoms with E-state index in [9.17, 15) is 5.26 Å². The highest BCUT2D eigenvalue weighted by Gasteiger charge is 2.24. The van der Waals surface area contributed by atoms with Crippen LogP contribution in [0.1, 0.15) is 36.5 Å². The van der Waals surface area contributed by atoms with E-state index in [2.05, 4.69) is 60.8 Å². The second-order valence-electron chi connectivity index (χ2n) is 7.25. The number of hydrogen-bond donors (Lipinski definition) is 3. The van der Waals surface area contributed by atoms with Gasteiger partial charge in [-0.25, -0.2) is 0 Å². The average molecular weight is 351 g/mol. The van der Waals surface area contributed by atoms with Crippen molar-refractivity contribution >= 4 is 22.5 Å². The van der Waals surface area contributed by atoms with E-state index in [1.807, 2.05) is 12.1 Å². The SMILES string of the molecule is CCCc1c(C)c(C#N)c2[nH]c3ccccc3[n+]2c1NCCC[NH+](C)C. The van der Waals surface area contributed by atoms with Crippen LogP contribution < -0.4 is 14.6 Å². The number of hydrogen-bond acceptors (Lipinski definition) is 2. The molecule has 5 nitrogen and oxygen atoms in total. The first-order chi connectivity index (χ1) is 12.6. The van der Waals surface area contributed by atoms with E-state index in [4.69, 9.17) is 0 Å². The van der Waals surface area contributed by atoms with Gasteiger partial charge < -0.3 is 10.2 Å². The van der Waals surface area contributed by atoms with Crippen LogP contribution in [0.25, 0.3) is 16.7 Å². The van der Waals surface area contributed by atoms with Gasteiger partial charge in [0.2, 0.25) is 11.5 Å². The number of benzene rings is 1. The fraction of sp³-hybridized carbons (Fsp3) is 0.429. The first kappa shape index (κ1) is 18.2. The normalized spacial score (nSPS) is 11.4. The molecule has 26 heavy (non-hydrogen) atoms. The zero-order valence-corrected chi connectivity index (χ0v) is 16.2. The van der Waals surface area contributed by atoms with Crippen LogP contribution in [0.2, 0.25) is 0 Å². The minimum Gasteiger partial charge on any atom is -0.340 e. The van der Waals surface area contributed by atoms with Gasteiger partial charge in [-0.3, -0.25) is 4.98 Å². The number of H-pyrrole nitrogens is 1. The average Bonchev–Trinajstić information content (AvgIpc) is 3.00. The van der Waals surface area contributed by atoms with Crippen LogP contribution in [-0.2, 0) is 6.42 Å². The second kappa shape index (κ2) is 7.76. The van der Waals surface area contributed by atoms with E-state index in [-0.39, 0.29) is 0 Å². The van der Waals surface area contributed by atoms with E-state index in [0.717, 1.165) is 66.0 Å². The molecule has 0 aliphatic heterocycles. The van der Waals surface area contributed by atoms with Crippen molar-refractivity contribution in [3.05, 3.63) is 41.0 Å². The summed E-state index contributed by atoms with van der Waals surface area (Å²) in [4.78, 5) is 4.91. The summed E-state index contributed by atoms with van der Waals surface area (Å²) >= 11 is 0. The quantitative estimate of drug-likeness (QED) is 0.450. The molecule has 0 unspecified atom stereocenters. The monoisotopic (exact) mass is 351 g/mol. The molecule has 0 bridgehead atoms. The lowest BCUT2D eigenvalue weighted by Gasteiger charge is -2.14. The third-order valence-corrected chi connectivity index (χ3v) is 4.95. The highest BCUT2D eigenvalue weighted by Crippen LogP contribution is 2.26. The summed E-state index contributed by atoms with van der Waals surface area (Å²) in [6, 6.07) is 10.7. The predicted octanol–water partition coefficient (Wildman–Crippen LogP) is 1.99. The molecular formula is C21H29N5+2. The Kier molecular flexibility index (Phi) is 5.43. The Balaban J connectivity index is 2.21. The maximum absolute atomic E-state index is 9.79. The molecule has 2 aromatic heterocycles. The summed E-state index contributed by atoms with van der Waals surface area (Å²) in [5.74, 6) is 1.13. The maximum Gasteiger partial charge on any atom is 0.250 e. The summed E-state index contributed by atoms with van der Waals surface area (Å²) < 4.78 is 2.20. The molecule has 0 radical (unpaired) electrons. The first-order valence-electron chi connectivity index (χ1n) is 9.49. The number of nitrogens with one attached hydrogen (secondary N) is 3. The van der Waals surface area contributed by atoms with Crippen molar-refractivity contribution in [3.63, 3.8) is 0 Å². The lowest BCUT2D eigenvalue weighted by Crippen LogP contribution is -3.05. The first-order valence-corrected chi connectivity index (χ1v) is 9.49. The number of aromatic amines is 1. The topological polar surface area (TPSA) is 60.1 Å². The number of imidazole rings is 1. The number of rotatable bonds is 7. The molecule has 0 saturated heterocycles. The Bertz CT molecular complexity index is 962. The van der Waals surface area contributed by atoms with E-state index < -0.39 is 0 Å². The summed E-state index contributed by atoms with van der Waals surface area (Å²) in [7, 11) is 4.36. The smallest absolute Gasteiger partial charge is 0.250 e. The predicted molar refractivity (Wildman–Crippen MR) is 106 cm³/mol. The fourth-order valence-electron chi connectivity index (χ4n) is 3.65. The van der Waals surface area contributed by atoms with Crippen LogP contribution in [0, 0.1) is 18.3 Å². The van der Waals surface area contributed by atoms with Crippen LogP contribution in [0.5, 0.6) is 0 Å². The van der Waals surface area contributed by atoms with Gasteiger partial charge >= 0.3 is 0 Å². The van der Waals surface area contributed by atoms with Crippen LogP contribution in [0.4, 0.5) is 5.82 Å². The Hall–Kier alpha value is -2.58. The summed E-state index contributed by atoms with van der Waals surface area (Å²) in [5, 5.41) is 13.5. The molecule has 0 aliphatic carbocycles. The molecule has 0 atom stereocenters. The minimum absolute atomic E-state index is 0.743. The van der Waals surface area contributed by atoms with Gasteiger partial charge in [-0.2, -0.15) is 9.66 Å². The summed E-state index contributed by atoms with van der Waals surface area (Å²) in [6.45, 7) is 6.32. The molecule has 0 fully saturated rings. The van der Waals surface area contributed by atoms with Crippen LogP contribution in [0.3, 0.4) is 0 Å². The molecule has 0 saturated carbocycles. The molecule has 5 heteroatoms. The lowest BCUT2D eigenvalue weighted by atomic mass is 10.0. The van der Waals surface area contributed by atoms with Crippen molar-refractivity contribution in [2.45, 2.75) is 33.1 Å². The van der Waals surface area contributed by atoms with Crippen LogP contribution in [-0.4, -0.2) is 32.2 Å². The molecule has 0 amide bonds. The summed E-state index contributed by atoms with van der Waals surface area (Å²) in [5.41, 5.74) is 6.12. The van der Waals surface area contributed by atoms with Crippen molar-refractivity contribution in [1.82, 2.24) is 4.98 Å². The van der Waals surface area contributed by atoms with Gasteiger partial charge in [0.15, 0.2) is 0 Å². The van der Waals surface area contributed by atoms with Crippen LogP contribution in [0.15, 0.2) is 24.3 Å². The number of para-hydroxylation sites is 2. The maximum atomic E-state index is 9.79. The number of quaternary nitrogens is 1. The van der Waals surface area contributed by atoms with Crippen LogP contribution >= 0.6 is 0 Å². The van der Waals surface area contributed by atoms with Crippen molar-refractivity contribution in [2.75, 3.05) is 32.5 Å². The number of pyridine rings is 1. The van der Waals surface area contributed by atoms with Gasteiger partial charge in [0, 0.05) is 12.0 Å². The molecule has 136 valence electrons. The van der Waals surface area contributed by atoms with E-state index in [1.165, 1.54) is 10.5 Å². The van der Waals surface area contributed by atoms with E-state index in [0.29, 0.717) is 0 Å². The third kappa shape index (κ3) is 3.25. The molecule has 0 spiro atoms. The van der Waals surface area contributed by atoms with Crippen molar-refractivity contribution in [1.29, 1.82) is 5.26 Å². The number of fused-ring (bicyclic) bond motifs is 3. The van der Waals surface area contributed by atoms with E-state index in [1.54, 1.807) is 0 Å². The Labute approximate surface area is 155 Å². The van der Waals surface area contributed by atoms with Gasteiger partial charge in [-0.05, 0) is 31.0 Å². The number of nitriles is 1. The Morgan fingerprint density at radius 1 is 1.27 bits per heavy atom.